The number of nitrogens with two attached hydrogens (primary N) is 1. The van der Waals surface area contributed by atoms with Crippen LogP contribution in [0.15, 0.2) is 40.6 Å². The summed E-state index contributed by atoms with van der Waals surface area (Å²) in [7, 11) is -2.71. The summed E-state index contributed by atoms with van der Waals surface area (Å²) in [6.45, 7) is -0.113. The average molecular weight is 486 g/mol. The van der Waals surface area contributed by atoms with E-state index >= 15 is 0 Å². The van der Waals surface area contributed by atoms with E-state index in [1.54, 1.807) is 16.7 Å². The molecule has 1 aromatic carbocycles. The van der Waals surface area contributed by atoms with Crippen molar-refractivity contribution < 1.29 is 28.0 Å². The van der Waals surface area contributed by atoms with Crippen molar-refractivity contribution in [3.05, 3.63) is 35.6 Å². The lowest BCUT2D eigenvalue weighted by Gasteiger charge is -2.29. The topological polar surface area (TPSA) is 144 Å². The molecule has 2 aliphatic heterocycles. The third-order valence-electron chi connectivity index (χ3n) is 4.96. The third-order valence-corrected chi connectivity index (χ3v) is 7.18. The molecule has 5 atom stereocenters. The van der Waals surface area contributed by atoms with E-state index in [4.69, 9.17) is 35.9 Å². The van der Waals surface area contributed by atoms with Gasteiger partial charge in [0.05, 0.1) is 6.61 Å². The van der Waals surface area contributed by atoms with Gasteiger partial charge < -0.3 is 20.1 Å². The minimum absolute atomic E-state index is 0.113. The molecule has 11 nitrogen and oxygen atoms in total. The number of rotatable bonds is 4. The number of halogens is 1. The Morgan fingerprint density at radius 2 is 2.13 bits per heavy atom. The number of ether oxygens (including phenoxy) is 2. The molecule has 3 aromatic rings. The first-order valence-electron chi connectivity index (χ1n) is 9.12. The molecule has 0 spiro atoms. The van der Waals surface area contributed by atoms with Crippen LogP contribution in [0.25, 0.3) is 11.2 Å². The molecule has 3 N–H and O–H groups in total. The molecule has 0 saturated carbocycles. The second-order valence-electron chi connectivity index (χ2n) is 6.85. The summed E-state index contributed by atoms with van der Waals surface area (Å²) in [4.78, 5) is 23.6. The molecule has 2 saturated heterocycles. The van der Waals surface area contributed by atoms with Gasteiger partial charge in [-0.25, -0.2) is 19.5 Å². The average Bonchev–Trinajstić information content (AvgIpc) is 3.26. The SMILES string of the molecule is CO[C@@H]1[C@@H]2OP(=O)(O)OC[C@@H]2O[C@H]1n1c(Sc2ccc(Cl)cc2)nc2c(N)ncnc21. The number of hydrogen-bond donors (Lipinski definition) is 2. The van der Waals surface area contributed by atoms with E-state index in [9.17, 15) is 9.46 Å². The van der Waals surface area contributed by atoms with Crippen molar-refractivity contribution >= 4 is 48.2 Å². The lowest BCUT2D eigenvalue weighted by Crippen LogP contribution is -2.40. The maximum absolute atomic E-state index is 12.0. The lowest BCUT2D eigenvalue weighted by molar-refractivity contribution is -0.0690. The molecule has 14 heteroatoms. The molecule has 164 valence electrons. The van der Waals surface area contributed by atoms with Crippen molar-refractivity contribution in [1.82, 2.24) is 19.5 Å². The number of nitrogen functional groups attached to an aromatic ring is 1. The van der Waals surface area contributed by atoms with Gasteiger partial charge in [-0.1, -0.05) is 23.4 Å². The Kier molecular flexibility index (Phi) is 5.43. The highest BCUT2D eigenvalue weighted by molar-refractivity contribution is 7.99. The van der Waals surface area contributed by atoms with Crippen LogP contribution >= 0.6 is 31.2 Å². The zero-order valence-electron chi connectivity index (χ0n) is 16.0. The molecule has 1 unspecified atom stereocenters. The van der Waals surface area contributed by atoms with Gasteiger partial charge in [0.15, 0.2) is 28.4 Å². The molecule has 2 aromatic heterocycles. The van der Waals surface area contributed by atoms with Crippen molar-refractivity contribution in [3.8, 4) is 0 Å². The number of aromatic nitrogens is 4. The van der Waals surface area contributed by atoms with Crippen molar-refractivity contribution in [2.75, 3.05) is 19.5 Å². The molecule has 0 bridgehead atoms. The third kappa shape index (κ3) is 3.83. The van der Waals surface area contributed by atoms with Gasteiger partial charge in [0.2, 0.25) is 0 Å². The van der Waals surface area contributed by atoms with Crippen LogP contribution in [0.1, 0.15) is 6.23 Å². The Balaban J connectivity index is 1.60. The van der Waals surface area contributed by atoms with Crippen molar-refractivity contribution in [3.63, 3.8) is 0 Å². The largest absolute Gasteiger partial charge is 0.472 e. The smallest absolute Gasteiger partial charge is 0.382 e. The van der Waals surface area contributed by atoms with Crippen molar-refractivity contribution in [2.24, 2.45) is 0 Å². The van der Waals surface area contributed by atoms with Gasteiger partial charge in [-0.2, -0.15) is 0 Å². The van der Waals surface area contributed by atoms with Crippen LogP contribution in [0.2, 0.25) is 5.02 Å². The maximum Gasteiger partial charge on any atom is 0.472 e. The lowest BCUT2D eigenvalue weighted by atomic mass is 10.1. The minimum Gasteiger partial charge on any atom is -0.382 e. The monoisotopic (exact) mass is 485 g/mol. The number of hydrogen-bond acceptors (Lipinski definition) is 10. The quantitative estimate of drug-likeness (QED) is 0.526. The van der Waals surface area contributed by atoms with E-state index in [1.807, 2.05) is 12.1 Å². The van der Waals surface area contributed by atoms with Crippen LogP contribution < -0.4 is 5.73 Å². The predicted molar refractivity (Wildman–Crippen MR) is 111 cm³/mol. The number of fused-ring (bicyclic) bond motifs is 2. The van der Waals surface area contributed by atoms with Gasteiger partial charge in [-0.3, -0.25) is 13.6 Å². The molecule has 2 fully saturated rings. The van der Waals surface area contributed by atoms with Gasteiger partial charge >= 0.3 is 7.82 Å². The van der Waals surface area contributed by atoms with Gasteiger partial charge in [-0.15, -0.1) is 0 Å². The van der Waals surface area contributed by atoms with Gasteiger partial charge in [0.1, 0.15) is 24.6 Å². The number of phosphoric ester groups is 1. The van der Waals surface area contributed by atoms with E-state index in [1.165, 1.54) is 25.2 Å². The normalized spacial score (nSPS) is 30.5. The van der Waals surface area contributed by atoms with Crippen LogP contribution in [0, 0.1) is 0 Å². The van der Waals surface area contributed by atoms with E-state index in [0.717, 1.165) is 4.90 Å². The second kappa shape index (κ2) is 7.98. The molecule has 0 amide bonds. The summed E-state index contributed by atoms with van der Waals surface area (Å²) < 4.78 is 35.6. The first-order chi connectivity index (χ1) is 14.9. The Morgan fingerprint density at radius 1 is 1.35 bits per heavy atom. The van der Waals surface area contributed by atoms with Crippen LogP contribution in [-0.2, 0) is 23.1 Å². The summed E-state index contributed by atoms with van der Waals surface area (Å²) >= 11 is 7.34. The summed E-state index contributed by atoms with van der Waals surface area (Å²) in [5.41, 5.74) is 6.86. The van der Waals surface area contributed by atoms with Gasteiger partial charge in [0.25, 0.3) is 0 Å². The fourth-order valence-corrected chi connectivity index (χ4v) is 5.59. The zero-order chi connectivity index (χ0) is 21.8. The fourth-order valence-electron chi connectivity index (χ4n) is 3.60. The molecular formula is C17H17ClN5O6PS. The minimum atomic E-state index is -4.19. The predicted octanol–water partition coefficient (Wildman–Crippen LogP) is 2.64. The summed E-state index contributed by atoms with van der Waals surface area (Å²) in [5, 5.41) is 1.13. The molecule has 0 aliphatic carbocycles. The van der Waals surface area contributed by atoms with Gasteiger partial charge in [-0.05, 0) is 24.3 Å². The van der Waals surface area contributed by atoms with E-state index in [0.29, 0.717) is 21.3 Å². The Hall–Kier alpha value is -1.76. The van der Waals surface area contributed by atoms with Crippen LogP contribution in [0.5, 0.6) is 0 Å². The summed E-state index contributed by atoms with van der Waals surface area (Å²) in [6.07, 6.45) is -1.60. The molecule has 31 heavy (non-hydrogen) atoms. The maximum atomic E-state index is 12.0. The van der Waals surface area contributed by atoms with Crippen LogP contribution in [0.4, 0.5) is 5.82 Å². The van der Waals surface area contributed by atoms with Gasteiger partial charge in [0, 0.05) is 17.0 Å². The van der Waals surface area contributed by atoms with Crippen LogP contribution in [0.3, 0.4) is 0 Å². The number of nitrogens with zero attached hydrogens (tertiary/aromatic N) is 4. The zero-order valence-corrected chi connectivity index (χ0v) is 18.5. The second-order valence-corrected chi connectivity index (χ2v) is 9.73. The summed E-state index contributed by atoms with van der Waals surface area (Å²) in [6, 6.07) is 7.25. The van der Waals surface area contributed by atoms with E-state index in [-0.39, 0.29) is 12.4 Å². The van der Waals surface area contributed by atoms with E-state index < -0.39 is 32.4 Å². The van der Waals surface area contributed by atoms with Crippen molar-refractivity contribution in [2.45, 2.75) is 34.6 Å². The number of phosphoric acid groups is 1. The molecule has 0 radical (unpaired) electrons. The highest BCUT2D eigenvalue weighted by Gasteiger charge is 2.54. The van der Waals surface area contributed by atoms with Crippen molar-refractivity contribution in [1.29, 1.82) is 0 Å². The van der Waals surface area contributed by atoms with E-state index in [2.05, 4.69) is 15.0 Å². The highest BCUT2D eigenvalue weighted by atomic mass is 35.5. The number of imidazole rings is 1. The summed E-state index contributed by atoms with van der Waals surface area (Å²) in [5.74, 6) is 0.213. The molecule has 5 rings (SSSR count). The van der Waals surface area contributed by atoms with Crippen LogP contribution in [-0.4, -0.2) is 56.4 Å². The number of methoxy groups -OCH3 is 1. The molecule has 2 aliphatic rings. The number of anilines is 1. The Morgan fingerprint density at radius 3 is 2.87 bits per heavy atom. The Labute approximate surface area is 185 Å². The highest BCUT2D eigenvalue weighted by Crippen LogP contribution is 2.53. The fraction of sp³-hybridized carbons (Fsp3) is 0.353. The standard InChI is InChI=1S/C17H17ClN5O6PS/c1-26-13-12-10(6-27-30(24,25)29-12)28-16(13)23-15-11(14(19)20-7-21-15)22-17(23)31-9-4-2-8(18)3-5-9/h2-5,7,10,12-13,16H,6H2,1H3,(H,24,25)(H2,19,20,21)/t10-,12+,13+,16+/m0/s1. The first-order valence-corrected chi connectivity index (χ1v) is 11.8. The first kappa shape index (κ1) is 21.1. The Bertz CT molecular complexity index is 1180. The number of benzene rings is 1. The molecular weight excluding hydrogens is 469 g/mol. The molecule has 4 heterocycles.